The Labute approximate surface area is 111 Å². The van der Waals surface area contributed by atoms with E-state index < -0.39 is 10.7 Å². The molecule has 7 heteroatoms. The molecule has 0 unspecified atom stereocenters. The normalized spacial score (nSPS) is 10.3. The summed E-state index contributed by atoms with van der Waals surface area (Å²) in [6.45, 7) is 0.394. The highest BCUT2D eigenvalue weighted by Gasteiger charge is 2.09. The number of benzene rings is 1. The van der Waals surface area contributed by atoms with E-state index in [0.717, 1.165) is 16.9 Å². The summed E-state index contributed by atoms with van der Waals surface area (Å²) in [5.41, 5.74) is 1.35. The van der Waals surface area contributed by atoms with Crippen molar-refractivity contribution < 1.29 is 9.31 Å². The zero-order chi connectivity index (χ0) is 13.1. The molecule has 18 heavy (non-hydrogen) atoms. The van der Waals surface area contributed by atoms with E-state index in [1.165, 1.54) is 18.2 Å². The van der Waals surface area contributed by atoms with Gasteiger partial charge < -0.3 is 5.32 Å². The molecule has 0 saturated heterocycles. The highest BCUT2D eigenvalue weighted by Crippen LogP contribution is 2.24. The van der Waals surface area contributed by atoms with Gasteiger partial charge in [-0.05, 0) is 23.8 Å². The molecule has 2 rings (SSSR count). The fourth-order valence-corrected chi connectivity index (χ4v) is 2.21. The molecular formula is C11H8ClFN2O2S. The van der Waals surface area contributed by atoms with Crippen molar-refractivity contribution in [3.63, 3.8) is 0 Å². The minimum Gasteiger partial charge on any atom is -0.381 e. The van der Waals surface area contributed by atoms with E-state index in [2.05, 4.69) is 5.32 Å². The molecule has 94 valence electrons. The number of hydrogen-bond acceptors (Lipinski definition) is 4. The predicted molar refractivity (Wildman–Crippen MR) is 69.7 cm³/mol. The molecular weight excluding hydrogens is 279 g/mol. The van der Waals surface area contributed by atoms with Crippen molar-refractivity contribution in [1.29, 1.82) is 0 Å². The molecule has 0 aliphatic rings. The molecule has 0 bridgehead atoms. The number of rotatable bonds is 4. The lowest BCUT2D eigenvalue weighted by molar-refractivity contribution is -0.380. The number of thiophene rings is 1. The second-order valence-electron chi connectivity index (χ2n) is 3.53. The van der Waals surface area contributed by atoms with Crippen molar-refractivity contribution >= 4 is 33.6 Å². The maximum Gasteiger partial charge on any atom is 0.324 e. The van der Waals surface area contributed by atoms with E-state index in [1.807, 2.05) is 0 Å². The van der Waals surface area contributed by atoms with Crippen LogP contribution in [0.1, 0.15) is 5.56 Å². The summed E-state index contributed by atoms with van der Waals surface area (Å²) in [4.78, 5) is 10.1. The fraction of sp³-hybridized carbons (Fsp3) is 0.0909. The van der Waals surface area contributed by atoms with Crippen molar-refractivity contribution in [1.82, 2.24) is 0 Å². The number of halogens is 2. The van der Waals surface area contributed by atoms with Gasteiger partial charge in [0.05, 0.1) is 9.95 Å². The van der Waals surface area contributed by atoms with Crippen LogP contribution in [0.3, 0.4) is 0 Å². The highest BCUT2D eigenvalue weighted by molar-refractivity contribution is 7.13. The number of nitro groups is 1. The molecule has 0 saturated carbocycles. The molecule has 4 nitrogen and oxygen atoms in total. The van der Waals surface area contributed by atoms with Gasteiger partial charge in [0, 0.05) is 23.7 Å². The lowest BCUT2D eigenvalue weighted by atomic mass is 10.3. The molecule has 2 aromatic rings. The summed E-state index contributed by atoms with van der Waals surface area (Å²) in [6.07, 6.45) is 0. The average Bonchev–Trinajstić information content (AvgIpc) is 2.79. The first-order chi connectivity index (χ1) is 8.56. The summed E-state index contributed by atoms with van der Waals surface area (Å²) < 4.78 is 13.2. The Balaban J connectivity index is 2.02. The summed E-state index contributed by atoms with van der Waals surface area (Å²) in [5.74, 6) is -0.502. The summed E-state index contributed by atoms with van der Waals surface area (Å²) in [7, 11) is 0. The van der Waals surface area contributed by atoms with Gasteiger partial charge in [-0.15, -0.1) is 0 Å². The first-order valence-electron chi connectivity index (χ1n) is 4.97. The lowest BCUT2D eigenvalue weighted by Gasteiger charge is -2.05. The molecule has 0 amide bonds. The van der Waals surface area contributed by atoms with E-state index >= 15 is 0 Å². The first kappa shape index (κ1) is 12.8. The topological polar surface area (TPSA) is 55.2 Å². The van der Waals surface area contributed by atoms with Crippen LogP contribution in [-0.4, -0.2) is 4.92 Å². The van der Waals surface area contributed by atoms with Crippen molar-refractivity contribution in [2.45, 2.75) is 6.54 Å². The van der Waals surface area contributed by atoms with Gasteiger partial charge in [-0.2, -0.15) is 0 Å². The predicted octanol–water partition coefficient (Wildman–Crippen LogP) is 4.06. The molecule has 0 spiro atoms. The maximum absolute atomic E-state index is 13.2. The Morgan fingerprint density at radius 2 is 2.22 bits per heavy atom. The minimum atomic E-state index is -0.502. The Kier molecular flexibility index (Phi) is 3.78. The quantitative estimate of drug-likeness (QED) is 0.681. The Morgan fingerprint density at radius 3 is 2.83 bits per heavy atom. The highest BCUT2D eigenvalue weighted by atomic mass is 35.5. The Bertz CT molecular complexity index is 588. The number of nitrogens with zero attached hydrogens (tertiary/aromatic N) is 1. The first-order valence-corrected chi connectivity index (χ1v) is 6.23. The Hall–Kier alpha value is -1.66. The van der Waals surface area contributed by atoms with Crippen LogP contribution in [0, 0.1) is 15.9 Å². The third kappa shape index (κ3) is 2.96. The van der Waals surface area contributed by atoms with Crippen molar-refractivity contribution in [2.24, 2.45) is 0 Å². The van der Waals surface area contributed by atoms with Crippen LogP contribution in [0.2, 0.25) is 5.02 Å². The molecule has 0 aliphatic heterocycles. The Morgan fingerprint density at radius 1 is 1.44 bits per heavy atom. The van der Waals surface area contributed by atoms with Gasteiger partial charge >= 0.3 is 5.00 Å². The second kappa shape index (κ2) is 5.32. The van der Waals surface area contributed by atoms with Crippen LogP contribution in [0.4, 0.5) is 15.1 Å². The van der Waals surface area contributed by atoms with Crippen LogP contribution in [0.15, 0.2) is 29.6 Å². The maximum atomic E-state index is 13.2. The van der Waals surface area contributed by atoms with Gasteiger partial charge in [-0.25, -0.2) is 4.39 Å². The van der Waals surface area contributed by atoms with E-state index in [4.69, 9.17) is 11.6 Å². The molecule has 1 N–H and O–H groups in total. The molecule has 0 radical (unpaired) electrons. The molecule has 1 aromatic heterocycles. The zero-order valence-electron chi connectivity index (χ0n) is 9.02. The van der Waals surface area contributed by atoms with E-state index in [0.29, 0.717) is 12.2 Å². The van der Waals surface area contributed by atoms with E-state index in [1.54, 1.807) is 11.4 Å². The van der Waals surface area contributed by atoms with Gasteiger partial charge in [0.2, 0.25) is 0 Å². The second-order valence-corrected chi connectivity index (χ2v) is 4.83. The molecule has 1 heterocycles. The van der Waals surface area contributed by atoms with Gasteiger partial charge in [-0.1, -0.05) is 22.9 Å². The van der Waals surface area contributed by atoms with Gasteiger partial charge in [0.25, 0.3) is 0 Å². The van der Waals surface area contributed by atoms with E-state index in [-0.39, 0.29) is 10.0 Å². The molecule has 0 aliphatic carbocycles. The van der Waals surface area contributed by atoms with Crippen molar-refractivity contribution in [3.8, 4) is 0 Å². The summed E-state index contributed by atoms with van der Waals surface area (Å²) >= 11 is 6.62. The standard InChI is InChI=1S/C11H8ClFN2O2S/c12-9-2-1-8(4-10(9)13)14-5-7-3-11(15(16)17)18-6-7/h1-4,6,14H,5H2. The molecule has 1 aromatic carbocycles. The van der Waals surface area contributed by atoms with Gasteiger partial charge in [0.15, 0.2) is 0 Å². The third-order valence-electron chi connectivity index (χ3n) is 2.24. The van der Waals surface area contributed by atoms with Gasteiger partial charge in [-0.3, -0.25) is 10.1 Å². The largest absolute Gasteiger partial charge is 0.381 e. The summed E-state index contributed by atoms with van der Waals surface area (Å²) in [6, 6.07) is 5.87. The minimum absolute atomic E-state index is 0.0618. The van der Waals surface area contributed by atoms with Crippen LogP contribution in [0.25, 0.3) is 0 Å². The zero-order valence-corrected chi connectivity index (χ0v) is 10.6. The van der Waals surface area contributed by atoms with Crippen LogP contribution >= 0.6 is 22.9 Å². The number of hydrogen-bond donors (Lipinski definition) is 1. The smallest absolute Gasteiger partial charge is 0.324 e. The lowest BCUT2D eigenvalue weighted by Crippen LogP contribution is -1.98. The molecule has 0 atom stereocenters. The van der Waals surface area contributed by atoms with E-state index in [9.17, 15) is 14.5 Å². The number of nitrogens with one attached hydrogen (secondary N) is 1. The van der Waals surface area contributed by atoms with Crippen LogP contribution < -0.4 is 5.32 Å². The average molecular weight is 287 g/mol. The van der Waals surface area contributed by atoms with Gasteiger partial charge in [0.1, 0.15) is 5.82 Å². The third-order valence-corrected chi connectivity index (χ3v) is 3.47. The monoisotopic (exact) mass is 286 g/mol. The fourth-order valence-electron chi connectivity index (χ4n) is 1.36. The van der Waals surface area contributed by atoms with Crippen LogP contribution in [0.5, 0.6) is 0 Å². The van der Waals surface area contributed by atoms with Crippen LogP contribution in [-0.2, 0) is 6.54 Å². The number of anilines is 1. The molecule has 0 fully saturated rings. The summed E-state index contributed by atoms with van der Waals surface area (Å²) in [5, 5.41) is 15.3. The van der Waals surface area contributed by atoms with Crippen molar-refractivity contribution in [3.05, 3.63) is 56.2 Å². The van der Waals surface area contributed by atoms with Crippen molar-refractivity contribution in [2.75, 3.05) is 5.32 Å². The SMILES string of the molecule is O=[N+]([O-])c1cc(CNc2ccc(Cl)c(F)c2)cs1.